The van der Waals surface area contributed by atoms with Crippen molar-refractivity contribution in [3.05, 3.63) is 54.2 Å². The van der Waals surface area contributed by atoms with Crippen LogP contribution in [-0.4, -0.2) is 16.6 Å². The van der Waals surface area contributed by atoms with Gasteiger partial charge in [-0.2, -0.15) is 0 Å². The third kappa shape index (κ3) is 2.25. The molecule has 4 N–H and O–H groups in total. The Hall–Kier alpha value is -3.41. The van der Waals surface area contributed by atoms with E-state index in [0.717, 1.165) is 10.8 Å². The van der Waals surface area contributed by atoms with Crippen LogP contribution in [-0.2, 0) is 11.2 Å². The number of nitrogens with two attached hydrogens (primary N) is 2. The molecule has 118 valence electrons. The first-order valence-electron chi connectivity index (χ1n) is 7.44. The number of pyridine rings is 1. The first-order chi connectivity index (χ1) is 11.6. The van der Waals surface area contributed by atoms with E-state index in [4.69, 9.17) is 16.2 Å². The lowest BCUT2D eigenvalue weighted by atomic mass is 10.1. The second kappa shape index (κ2) is 5.34. The van der Waals surface area contributed by atoms with E-state index in [1.54, 1.807) is 18.3 Å². The Kier molecular flexibility index (Phi) is 3.16. The number of hydrogen-bond donors (Lipinski definition) is 2. The van der Waals surface area contributed by atoms with Crippen molar-refractivity contribution in [3.63, 3.8) is 0 Å². The van der Waals surface area contributed by atoms with Crippen molar-refractivity contribution in [2.24, 2.45) is 10.7 Å². The molecular weight excluding hydrogens is 304 g/mol. The minimum absolute atomic E-state index is 0.0231. The third-order valence-corrected chi connectivity index (χ3v) is 3.98. The van der Waals surface area contributed by atoms with Crippen molar-refractivity contribution in [2.45, 2.75) is 6.42 Å². The Morgan fingerprint density at radius 2 is 1.75 bits per heavy atom. The largest absolute Gasteiger partial charge is 0.456 e. The minimum Gasteiger partial charge on any atom is -0.456 e. The number of benzene rings is 2. The molecule has 0 bridgehead atoms. The molecule has 0 fully saturated rings. The molecule has 0 atom stereocenters. The standard InChI is InChI=1S/C18H14N4O2/c19-13-5-6-15(11-4-2-1-3-10(11)13)24-16-7-8-21-18-12(16)9-14(23)17(20)22-18/h1-8H,9,19H2,(H2,20,21,22). The van der Waals surface area contributed by atoms with Crippen molar-refractivity contribution in [1.82, 2.24) is 4.98 Å². The van der Waals surface area contributed by atoms with Crippen molar-refractivity contribution < 1.29 is 9.53 Å². The topological polar surface area (TPSA) is 104 Å². The summed E-state index contributed by atoms with van der Waals surface area (Å²) < 4.78 is 6.07. The lowest BCUT2D eigenvalue weighted by Crippen LogP contribution is -2.28. The van der Waals surface area contributed by atoms with Crippen LogP contribution in [0, 0.1) is 0 Å². The quantitative estimate of drug-likeness (QED) is 0.707. The maximum atomic E-state index is 11.9. The Labute approximate surface area is 137 Å². The van der Waals surface area contributed by atoms with Gasteiger partial charge in [0.1, 0.15) is 11.5 Å². The highest BCUT2D eigenvalue weighted by molar-refractivity contribution is 6.40. The highest BCUT2D eigenvalue weighted by Gasteiger charge is 2.23. The van der Waals surface area contributed by atoms with E-state index in [0.29, 0.717) is 28.6 Å². The second-order valence-electron chi connectivity index (χ2n) is 5.51. The van der Waals surface area contributed by atoms with E-state index in [1.165, 1.54) is 0 Å². The molecule has 6 heteroatoms. The van der Waals surface area contributed by atoms with Gasteiger partial charge in [0.2, 0.25) is 5.78 Å². The van der Waals surface area contributed by atoms with Crippen LogP contribution in [0.1, 0.15) is 5.56 Å². The Bertz CT molecular complexity index is 1010. The highest BCUT2D eigenvalue weighted by Crippen LogP contribution is 2.37. The van der Waals surface area contributed by atoms with Crippen LogP contribution in [0.25, 0.3) is 10.8 Å². The van der Waals surface area contributed by atoms with Gasteiger partial charge in [-0.25, -0.2) is 9.98 Å². The van der Waals surface area contributed by atoms with Crippen LogP contribution < -0.4 is 16.2 Å². The van der Waals surface area contributed by atoms with Crippen LogP contribution in [0.2, 0.25) is 0 Å². The van der Waals surface area contributed by atoms with Gasteiger partial charge in [-0.1, -0.05) is 24.3 Å². The molecule has 3 aromatic rings. The van der Waals surface area contributed by atoms with Gasteiger partial charge in [-0.05, 0) is 18.2 Å². The van der Waals surface area contributed by atoms with Crippen LogP contribution in [0.3, 0.4) is 0 Å². The van der Waals surface area contributed by atoms with Crippen LogP contribution in [0.15, 0.2) is 53.7 Å². The molecule has 1 aliphatic heterocycles. The number of fused-ring (bicyclic) bond motifs is 2. The zero-order valence-corrected chi connectivity index (χ0v) is 12.7. The van der Waals surface area contributed by atoms with E-state index < -0.39 is 0 Å². The second-order valence-corrected chi connectivity index (χ2v) is 5.51. The molecule has 1 aliphatic rings. The predicted octanol–water partition coefficient (Wildman–Crippen LogP) is 2.72. The van der Waals surface area contributed by atoms with Gasteiger partial charge < -0.3 is 16.2 Å². The molecule has 0 spiro atoms. The maximum Gasteiger partial charge on any atom is 0.202 e. The van der Waals surface area contributed by atoms with E-state index in [2.05, 4.69) is 9.98 Å². The number of nitrogen functional groups attached to an aromatic ring is 1. The first kappa shape index (κ1) is 14.2. The number of anilines is 1. The Morgan fingerprint density at radius 1 is 0.958 bits per heavy atom. The van der Waals surface area contributed by atoms with Gasteiger partial charge >= 0.3 is 0 Å². The summed E-state index contributed by atoms with van der Waals surface area (Å²) in [6.07, 6.45) is 1.71. The summed E-state index contributed by atoms with van der Waals surface area (Å²) in [4.78, 5) is 20.1. The molecule has 1 aromatic heterocycles. The summed E-state index contributed by atoms with van der Waals surface area (Å²) in [6, 6.07) is 13.1. The van der Waals surface area contributed by atoms with E-state index in [1.807, 2.05) is 30.3 Å². The molecule has 0 radical (unpaired) electrons. The fourth-order valence-electron chi connectivity index (χ4n) is 2.75. The fraction of sp³-hybridized carbons (Fsp3) is 0.0556. The number of amidine groups is 1. The average molecular weight is 318 g/mol. The van der Waals surface area contributed by atoms with E-state index >= 15 is 0 Å². The van der Waals surface area contributed by atoms with Gasteiger partial charge in [-0.3, -0.25) is 4.79 Å². The zero-order chi connectivity index (χ0) is 16.7. The van der Waals surface area contributed by atoms with E-state index in [9.17, 15) is 4.79 Å². The Balaban J connectivity index is 1.82. The number of Topliss-reactive ketones (excluding diaryl/α,β-unsaturated/α-hetero) is 1. The summed E-state index contributed by atoms with van der Waals surface area (Å²) >= 11 is 0. The van der Waals surface area contributed by atoms with Gasteiger partial charge in [0.25, 0.3) is 0 Å². The lowest BCUT2D eigenvalue weighted by molar-refractivity contribution is -0.112. The van der Waals surface area contributed by atoms with Gasteiger partial charge in [0, 0.05) is 34.6 Å². The number of aromatic nitrogens is 1. The van der Waals surface area contributed by atoms with Crippen molar-refractivity contribution in [2.75, 3.05) is 5.73 Å². The third-order valence-electron chi connectivity index (χ3n) is 3.98. The molecule has 4 rings (SSSR count). The monoisotopic (exact) mass is 318 g/mol. The smallest absolute Gasteiger partial charge is 0.202 e. The summed E-state index contributed by atoms with van der Waals surface area (Å²) in [5.74, 6) is 1.36. The number of nitrogens with zero attached hydrogens (tertiary/aromatic N) is 2. The number of carbonyl (C=O) groups is 1. The normalized spacial score (nSPS) is 13.5. The molecule has 0 amide bonds. The molecule has 24 heavy (non-hydrogen) atoms. The van der Waals surface area contributed by atoms with Crippen molar-refractivity contribution in [1.29, 1.82) is 0 Å². The molecule has 2 aromatic carbocycles. The lowest BCUT2D eigenvalue weighted by Gasteiger charge is -2.16. The van der Waals surface area contributed by atoms with E-state index in [-0.39, 0.29) is 18.0 Å². The SMILES string of the molecule is NC1=Nc2nccc(Oc3ccc(N)c4ccccc34)c2CC1=O. The molecule has 0 saturated carbocycles. The summed E-state index contributed by atoms with van der Waals surface area (Å²) in [6.45, 7) is 0. The summed E-state index contributed by atoms with van der Waals surface area (Å²) in [7, 11) is 0. The van der Waals surface area contributed by atoms with Gasteiger partial charge in [0.05, 0.1) is 0 Å². The number of rotatable bonds is 2. The number of carbonyl (C=O) groups excluding carboxylic acids is 1. The molecule has 0 saturated heterocycles. The highest BCUT2D eigenvalue weighted by atomic mass is 16.5. The molecule has 6 nitrogen and oxygen atoms in total. The van der Waals surface area contributed by atoms with Gasteiger partial charge in [0.15, 0.2) is 11.7 Å². The maximum absolute atomic E-state index is 11.9. The summed E-state index contributed by atoms with van der Waals surface area (Å²) in [5.41, 5.74) is 12.9. The van der Waals surface area contributed by atoms with Crippen molar-refractivity contribution in [3.8, 4) is 11.5 Å². The molecule has 0 aliphatic carbocycles. The number of ketones is 1. The first-order valence-corrected chi connectivity index (χ1v) is 7.44. The number of ether oxygens (including phenoxy) is 1. The van der Waals surface area contributed by atoms with Crippen LogP contribution in [0.5, 0.6) is 11.5 Å². The van der Waals surface area contributed by atoms with Crippen molar-refractivity contribution >= 4 is 33.9 Å². The zero-order valence-electron chi connectivity index (χ0n) is 12.7. The molecule has 0 unspecified atom stereocenters. The number of aliphatic imine (C=N–C) groups is 1. The molecular formula is C18H14N4O2. The van der Waals surface area contributed by atoms with Crippen LogP contribution in [0.4, 0.5) is 11.5 Å². The van der Waals surface area contributed by atoms with Crippen LogP contribution >= 0.6 is 0 Å². The summed E-state index contributed by atoms with van der Waals surface area (Å²) in [5, 5.41) is 1.81. The minimum atomic E-state index is -0.234. The Morgan fingerprint density at radius 3 is 2.58 bits per heavy atom. The fourth-order valence-corrected chi connectivity index (χ4v) is 2.75. The number of hydrogen-bond acceptors (Lipinski definition) is 6. The average Bonchev–Trinajstić information content (AvgIpc) is 2.59. The molecule has 2 heterocycles. The van der Waals surface area contributed by atoms with Gasteiger partial charge in [-0.15, -0.1) is 0 Å². The predicted molar refractivity (Wildman–Crippen MR) is 92.7 cm³/mol.